The van der Waals surface area contributed by atoms with Crippen LogP contribution < -0.4 is 24.8 Å². The summed E-state index contributed by atoms with van der Waals surface area (Å²) in [4.78, 5) is 63.5. The summed E-state index contributed by atoms with van der Waals surface area (Å²) in [7, 11) is -2.29. The molecule has 5 fully saturated rings. The summed E-state index contributed by atoms with van der Waals surface area (Å²) >= 11 is 0. The van der Waals surface area contributed by atoms with Crippen LogP contribution in [0.2, 0.25) is 0 Å². The van der Waals surface area contributed by atoms with Crippen LogP contribution in [0, 0.1) is 17.8 Å². The van der Waals surface area contributed by atoms with Gasteiger partial charge >= 0.3 is 6.09 Å². The summed E-state index contributed by atoms with van der Waals surface area (Å²) in [5, 5.41) is 6.06. The molecule has 3 heterocycles. The number of carbonyl (C=O) groups excluding carboxylic acids is 4. The lowest BCUT2D eigenvalue weighted by atomic mass is 9.87. The SMILES string of the molecule is C=C[C@@H]1C[C@]1(NC(=O)C1C[C@@H]2CN1C(=O)[C@H](C1CCCC1)NC(=O)O[C@]1(C)CCCC1CCCCCc1nc3ccc(OC)cc3cc1O2)C(=O)NS(=O)(=O)C1CC1. The molecule has 2 bridgehead atoms. The molecule has 14 nitrogen and oxygen atoms in total. The molecular formula is C43H57N5O9S. The lowest BCUT2D eigenvalue weighted by Gasteiger charge is -2.35. The average Bonchev–Trinajstić information content (AvgIpc) is 4.01. The Kier molecular flexibility index (Phi) is 11.1. The fraction of sp³-hybridized carbons (Fsp3) is 0.651. The maximum Gasteiger partial charge on any atom is 0.408 e. The van der Waals surface area contributed by atoms with Gasteiger partial charge in [0.1, 0.15) is 40.8 Å². The number of alkyl carbamates (subject to hydrolysis) is 1. The van der Waals surface area contributed by atoms with Crippen LogP contribution in [-0.4, -0.2) is 90.3 Å². The van der Waals surface area contributed by atoms with E-state index in [1.165, 1.54) is 11.0 Å². The average molecular weight is 820 g/mol. The van der Waals surface area contributed by atoms with E-state index in [0.717, 1.165) is 87.2 Å². The summed E-state index contributed by atoms with van der Waals surface area (Å²) < 4.78 is 46.4. The van der Waals surface area contributed by atoms with Crippen molar-refractivity contribution in [3.05, 3.63) is 42.6 Å². The van der Waals surface area contributed by atoms with Gasteiger partial charge in [-0.2, -0.15) is 0 Å². The van der Waals surface area contributed by atoms with Gasteiger partial charge in [0.05, 0.1) is 30.1 Å². The predicted octanol–water partition coefficient (Wildman–Crippen LogP) is 5.22. The largest absolute Gasteiger partial charge is 0.497 e. The van der Waals surface area contributed by atoms with E-state index >= 15 is 0 Å². The highest BCUT2D eigenvalue weighted by atomic mass is 32.2. The molecule has 58 heavy (non-hydrogen) atoms. The summed E-state index contributed by atoms with van der Waals surface area (Å²) in [6.07, 6.45) is 11.8. The van der Waals surface area contributed by atoms with E-state index in [2.05, 4.69) is 21.9 Å². The molecule has 0 spiro atoms. The second-order valence-electron chi connectivity index (χ2n) is 17.7. The van der Waals surface area contributed by atoms with Gasteiger partial charge in [-0.15, -0.1) is 6.58 Å². The topological polar surface area (TPSA) is 182 Å². The Morgan fingerprint density at radius 1 is 1.03 bits per heavy atom. The normalized spacial score (nSPS) is 32.1. The zero-order valence-electron chi connectivity index (χ0n) is 33.6. The fourth-order valence-corrected chi connectivity index (χ4v) is 11.4. The summed E-state index contributed by atoms with van der Waals surface area (Å²) in [6.45, 7) is 5.87. The maximum absolute atomic E-state index is 15.0. The first-order chi connectivity index (χ1) is 27.8. The van der Waals surface area contributed by atoms with E-state index in [4.69, 9.17) is 19.2 Å². The number of aryl methyl sites for hydroxylation is 1. The fourth-order valence-electron chi connectivity index (χ4n) is 10.0. The van der Waals surface area contributed by atoms with Crippen LogP contribution in [-0.2, 0) is 35.6 Å². The minimum atomic E-state index is -3.90. The molecule has 1 aromatic heterocycles. The number of pyridine rings is 1. The van der Waals surface area contributed by atoms with Crippen molar-refractivity contribution in [3.63, 3.8) is 0 Å². The summed E-state index contributed by atoms with van der Waals surface area (Å²) in [6, 6.07) is 5.60. The molecule has 4 amide bonds. The lowest BCUT2D eigenvalue weighted by Crippen LogP contribution is -2.59. The van der Waals surface area contributed by atoms with Gasteiger partial charge < -0.3 is 29.7 Å². The van der Waals surface area contributed by atoms with Gasteiger partial charge in [0.25, 0.3) is 5.91 Å². The van der Waals surface area contributed by atoms with Crippen LogP contribution in [0.4, 0.5) is 4.79 Å². The molecule has 2 aliphatic heterocycles. The number of hydrogen-bond donors (Lipinski definition) is 3. The number of methoxy groups -OCH3 is 1. The molecule has 8 rings (SSSR count). The van der Waals surface area contributed by atoms with Crippen molar-refractivity contribution in [1.29, 1.82) is 0 Å². The van der Waals surface area contributed by atoms with E-state index in [9.17, 15) is 27.6 Å². The van der Waals surface area contributed by atoms with Crippen molar-refractivity contribution in [3.8, 4) is 11.5 Å². The molecule has 1 aromatic carbocycles. The molecule has 2 unspecified atom stereocenters. The first-order valence-corrected chi connectivity index (χ1v) is 22.8. The second-order valence-corrected chi connectivity index (χ2v) is 19.7. The van der Waals surface area contributed by atoms with E-state index < -0.39 is 74.3 Å². The molecule has 4 saturated carbocycles. The van der Waals surface area contributed by atoms with E-state index in [0.29, 0.717) is 30.8 Å². The first-order valence-electron chi connectivity index (χ1n) is 21.3. The van der Waals surface area contributed by atoms with Crippen molar-refractivity contribution in [2.75, 3.05) is 13.7 Å². The Balaban J connectivity index is 1.14. The van der Waals surface area contributed by atoms with Crippen LogP contribution in [0.1, 0.15) is 109 Å². The molecule has 6 aliphatic rings. The number of nitrogens with one attached hydrogen (secondary N) is 3. The summed E-state index contributed by atoms with van der Waals surface area (Å²) in [5.41, 5.74) is -0.604. The number of benzene rings is 1. The molecule has 7 atom stereocenters. The van der Waals surface area contributed by atoms with Crippen LogP contribution in [0.15, 0.2) is 36.9 Å². The highest BCUT2D eigenvalue weighted by molar-refractivity contribution is 7.91. The van der Waals surface area contributed by atoms with Gasteiger partial charge in [-0.1, -0.05) is 31.8 Å². The van der Waals surface area contributed by atoms with Crippen molar-refractivity contribution in [2.45, 2.75) is 144 Å². The third-order valence-electron chi connectivity index (χ3n) is 13.7. The number of sulfonamides is 1. The number of ether oxygens (including phenoxy) is 3. The molecule has 314 valence electrons. The first kappa shape index (κ1) is 40.4. The lowest BCUT2D eigenvalue weighted by molar-refractivity contribution is -0.142. The summed E-state index contributed by atoms with van der Waals surface area (Å²) in [5.74, 6) is -1.07. The molecule has 0 radical (unpaired) electrons. The Hall–Kier alpha value is -4.40. The molecule has 3 N–H and O–H groups in total. The zero-order valence-corrected chi connectivity index (χ0v) is 34.4. The van der Waals surface area contributed by atoms with Crippen molar-refractivity contribution in [2.24, 2.45) is 17.8 Å². The number of hydrogen-bond acceptors (Lipinski definition) is 10. The second kappa shape index (κ2) is 16.0. The Morgan fingerprint density at radius 2 is 1.79 bits per heavy atom. The molecule has 4 aliphatic carbocycles. The Bertz CT molecular complexity index is 2070. The van der Waals surface area contributed by atoms with Crippen LogP contribution in [0.3, 0.4) is 0 Å². The van der Waals surface area contributed by atoms with Gasteiger partial charge in [0.15, 0.2) is 0 Å². The maximum atomic E-state index is 15.0. The smallest absolute Gasteiger partial charge is 0.408 e. The number of carbonyl (C=O) groups is 4. The number of amides is 4. The predicted molar refractivity (Wildman–Crippen MR) is 215 cm³/mol. The standard InChI is InChI=1S/C43H57N5O9S/c1-4-28-24-43(28,40(51)47-58(53,54)32-17-18-32)46-38(49)35-23-31-25-48(35)39(50)37(26-11-8-9-12-26)45-41(52)57-42(2)20-10-14-29(42)13-6-5-7-15-34-36(56-31)22-27-21-30(55-3)16-19-33(27)44-34/h4,16,19,21-22,26,28-29,31-32,35,37H,1,5-15,17-18,20,23-25H2,2-3H3,(H,45,52)(H,46,49)(H,47,51)/t28-,29?,31-,35?,37+,42-,43-/m1/s1. The zero-order chi connectivity index (χ0) is 40.8. The molecule has 2 aromatic rings. The molecule has 1 saturated heterocycles. The van der Waals surface area contributed by atoms with Gasteiger partial charge in [-0.25, -0.2) is 18.2 Å². The monoisotopic (exact) mass is 819 g/mol. The van der Waals surface area contributed by atoms with Crippen molar-refractivity contribution < 1.29 is 41.8 Å². The minimum Gasteiger partial charge on any atom is -0.497 e. The van der Waals surface area contributed by atoms with Crippen LogP contribution in [0.5, 0.6) is 11.5 Å². The number of rotatable bonds is 8. The third kappa shape index (κ3) is 8.11. The van der Waals surface area contributed by atoms with Gasteiger partial charge in [-0.05, 0) is 114 Å². The van der Waals surface area contributed by atoms with E-state index in [-0.39, 0.29) is 31.2 Å². The van der Waals surface area contributed by atoms with E-state index in [1.807, 2.05) is 31.2 Å². The Morgan fingerprint density at radius 3 is 2.52 bits per heavy atom. The van der Waals surface area contributed by atoms with Crippen molar-refractivity contribution >= 4 is 44.7 Å². The number of nitrogens with zero attached hydrogens (tertiary/aromatic N) is 2. The third-order valence-corrected chi connectivity index (χ3v) is 15.6. The van der Waals surface area contributed by atoms with Crippen LogP contribution in [0.25, 0.3) is 10.9 Å². The molecule has 15 heteroatoms. The minimum absolute atomic E-state index is 0.0341. The number of fused-ring (bicyclic) bond motifs is 5. The number of aromatic nitrogens is 1. The Labute approximate surface area is 340 Å². The van der Waals surface area contributed by atoms with Crippen molar-refractivity contribution in [1.82, 2.24) is 25.2 Å². The van der Waals surface area contributed by atoms with Gasteiger partial charge in [-0.3, -0.25) is 19.1 Å². The van der Waals surface area contributed by atoms with Gasteiger partial charge in [0, 0.05) is 17.7 Å². The molecular weight excluding hydrogens is 763 g/mol. The highest BCUT2D eigenvalue weighted by Gasteiger charge is 2.62. The highest BCUT2D eigenvalue weighted by Crippen LogP contribution is 2.46. The van der Waals surface area contributed by atoms with Gasteiger partial charge in [0.2, 0.25) is 21.8 Å². The van der Waals surface area contributed by atoms with E-state index in [1.54, 1.807) is 7.11 Å². The van der Waals surface area contributed by atoms with Crippen LogP contribution >= 0.6 is 0 Å². The quantitative estimate of drug-likeness (QED) is 0.299.